The van der Waals surface area contributed by atoms with E-state index in [2.05, 4.69) is 258 Å². The van der Waals surface area contributed by atoms with E-state index in [0.717, 1.165) is 89.5 Å². The Balaban J connectivity index is 0.883. The van der Waals surface area contributed by atoms with Gasteiger partial charge in [-0.05, 0) is 115 Å². The monoisotopic (exact) mass is 1170 g/mol. The second-order valence-electron chi connectivity index (χ2n) is 24.9. The Bertz CT molecular complexity index is 4770. The zero-order valence-corrected chi connectivity index (χ0v) is 50.9. The molecule has 1 atom stereocenters. The molecule has 91 heavy (non-hydrogen) atoms. The highest BCUT2D eigenvalue weighted by Crippen LogP contribution is 2.56. The lowest BCUT2D eigenvalue weighted by molar-refractivity contribution is 0.587. The lowest BCUT2D eigenvalue weighted by atomic mass is 9.63. The van der Waals surface area contributed by atoms with Crippen molar-refractivity contribution >= 4 is 0 Å². The average Bonchev–Trinajstić information content (AvgIpc) is 1.69. The van der Waals surface area contributed by atoms with Crippen molar-refractivity contribution in [2.75, 3.05) is 0 Å². The summed E-state index contributed by atoms with van der Waals surface area (Å²) in [6.07, 6.45) is 0. The van der Waals surface area contributed by atoms with Crippen molar-refractivity contribution in [3.63, 3.8) is 0 Å². The van der Waals surface area contributed by atoms with Gasteiger partial charge in [0.15, 0.2) is 23.3 Å². The number of nitrogens with zero attached hydrogens (tertiary/aromatic N) is 7. The number of rotatable bonds is 11. The standard InChI is InChI=1S/C84H61N7/c1-83(2)69-41-24-23-40-65(69)67-49-72-68(50-71(67)83)77(82-90-78(57-34-19-9-20-35-57)89-79(91-82)58-36-21-10-22-37-58)66-43-42-61(48-70(66)84(72,3)4)59-38-25-39-60(44-59)62-45-63(80-85-73(53-26-11-5-12-27-53)51-74(86-80)54-28-13-6-14-29-54)47-64(46-62)81-87-75(55-30-15-7-16-31-55)52-76(88-81)56-32-17-8-18-33-56/h5-52,77H,1-4H3. The normalized spacial score (nSPS) is 14.0. The molecule has 0 saturated heterocycles. The molecule has 0 N–H and O–H groups in total. The predicted octanol–water partition coefficient (Wildman–Crippen LogP) is 20.2. The first-order valence-corrected chi connectivity index (χ1v) is 31.1. The zero-order valence-electron chi connectivity index (χ0n) is 50.9. The molecule has 0 radical (unpaired) electrons. The first-order valence-electron chi connectivity index (χ1n) is 31.1. The van der Waals surface area contributed by atoms with E-state index in [1.54, 1.807) is 0 Å². The zero-order chi connectivity index (χ0) is 61.2. The third-order valence-corrected chi connectivity index (χ3v) is 18.5. The van der Waals surface area contributed by atoms with Crippen molar-refractivity contribution in [1.29, 1.82) is 0 Å². The maximum Gasteiger partial charge on any atom is 0.163 e. The van der Waals surface area contributed by atoms with E-state index in [9.17, 15) is 0 Å². The average molecular weight is 1170 g/mol. The molecule has 0 amide bonds. The molecular weight excluding hydrogens is 1110 g/mol. The Morgan fingerprint density at radius 2 is 0.582 bits per heavy atom. The third kappa shape index (κ3) is 10.0. The number of hydrogen-bond acceptors (Lipinski definition) is 7. The summed E-state index contributed by atoms with van der Waals surface area (Å²) < 4.78 is 0. The van der Waals surface area contributed by atoms with Crippen LogP contribution in [0.3, 0.4) is 0 Å². The smallest absolute Gasteiger partial charge is 0.163 e. The maximum atomic E-state index is 5.49. The van der Waals surface area contributed by atoms with Gasteiger partial charge in [0.2, 0.25) is 0 Å². The van der Waals surface area contributed by atoms with Gasteiger partial charge in [0, 0.05) is 55.3 Å². The quantitative estimate of drug-likeness (QED) is 0.127. The third-order valence-electron chi connectivity index (χ3n) is 18.5. The summed E-state index contributed by atoms with van der Waals surface area (Å²) in [5, 5.41) is 0. The maximum absolute atomic E-state index is 5.49. The van der Waals surface area contributed by atoms with Gasteiger partial charge in [-0.25, -0.2) is 34.9 Å². The summed E-state index contributed by atoms with van der Waals surface area (Å²) in [5.41, 5.74) is 24.5. The molecule has 11 aromatic carbocycles. The van der Waals surface area contributed by atoms with E-state index in [1.165, 1.54) is 44.5 Å². The summed E-state index contributed by atoms with van der Waals surface area (Å²) in [6.45, 7) is 9.50. The molecule has 7 heteroatoms. The minimum absolute atomic E-state index is 0.219. The van der Waals surface area contributed by atoms with Crippen molar-refractivity contribution in [3.05, 3.63) is 330 Å². The van der Waals surface area contributed by atoms with Gasteiger partial charge in [0.1, 0.15) is 5.82 Å². The van der Waals surface area contributed by atoms with Crippen LogP contribution in [0.1, 0.15) is 72.8 Å². The Morgan fingerprint density at radius 1 is 0.220 bits per heavy atom. The second-order valence-corrected chi connectivity index (χ2v) is 24.9. The van der Waals surface area contributed by atoms with Crippen LogP contribution in [-0.4, -0.2) is 34.9 Å². The fraction of sp³-hybridized carbons (Fsp3) is 0.0833. The Morgan fingerprint density at radius 3 is 1.07 bits per heavy atom. The minimum atomic E-state index is -0.438. The second kappa shape index (κ2) is 22.3. The summed E-state index contributed by atoms with van der Waals surface area (Å²) in [6, 6.07) is 103. The van der Waals surface area contributed by atoms with Gasteiger partial charge in [0.05, 0.1) is 28.7 Å². The number of aromatic nitrogens is 7. The molecule has 0 spiro atoms. The van der Waals surface area contributed by atoms with Gasteiger partial charge in [-0.3, -0.25) is 0 Å². The predicted molar refractivity (Wildman–Crippen MR) is 369 cm³/mol. The number of benzene rings is 11. The Hall–Kier alpha value is -11.4. The van der Waals surface area contributed by atoms with Crippen LogP contribution in [0.15, 0.2) is 291 Å². The molecule has 2 aliphatic rings. The molecule has 3 heterocycles. The molecule has 0 bridgehead atoms. The van der Waals surface area contributed by atoms with Crippen molar-refractivity contribution < 1.29 is 0 Å². The molecule has 16 rings (SSSR count). The van der Waals surface area contributed by atoms with E-state index in [1.807, 2.05) is 60.7 Å². The SMILES string of the molecule is CC1(C)c2ccccc2-c2cc3c(cc21)C(c1nc(-c2ccccc2)nc(-c2ccccc2)n1)c1ccc(-c2cccc(-c4cc(-c5nc(-c6ccccc6)cc(-c6ccccc6)n5)cc(-c5nc(-c6ccccc6)cc(-c6ccccc6)n5)c4)c2)cc1C3(C)C. The van der Waals surface area contributed by atoms with E-state index in [4.69, 9.17) is 34.9 Å². The molecule has 3 aromatic heterocycles. The summed E-state index contributed by atoms with van der Waals surface area (Å²) in [5.74, 6) is 2.88. The number of hydrogen-bond donors (Lipinski definition) is 0. The highest BCUT2D eigenvalue weighted by molar-refractivity contribution is 5.86. The van der Waals surface area contributed by atoms with Crippen LogP contribution in [-0.2, 0) is 10.8 Å². The van der Waals surface area contributed by atoms with E-state index < -0.39 is 5.41 Å². The Labute approximate surface area is 530 Å². The lowest BCUT2D eigenvalue weighted by Gasteiger charge is -2.40. The van der Waals surface area contributed by atoms with Gasteiger partial charge in [-0.15, -0.1) is 0 Å². The van der Waals surface area contributed by atoms with Crippen LogP contribution >= 0.6 is 0 Å². The highest BCUT2D eigenvalue weighted by atomic mass is 15.0. The van der Waals surface area contributed by atoms with Crippen molar-refractivity contribution in [2.45, 2.75) is 44.4 Å². The molecule has 0 saturated carbocycles. The molecule has 2 aliphatic carbocycles. The largest absolute Gasteiger partial charge is 0.228 e. The first-order chi connectivity index (χ1) is 44.6. The Kier molecular flexibility index (Phi) is 13.5. The van der Waals surface area contributed by atoms with Crippen molar-refractivity contribution in [1.82, 2.24) is 34.9 Å². The first kappa shape index (κ1) is 54.9. The number of fused-ring (bicyclic) bond motifs is 5. The van der Waals surface area contributed by atoms with E-state index in [0.29, 0.717) is 29.1 Å². The van der Waals surface area contributed by atoms with Crippen LogP contribution < -0.4 is 0 Å². The van der Waals surface area contributed by atoms with Gasteiger partial charge < -0.3 is 0 Å². The van der Waals surface area contributed by atoms with E-state index in [-0.39, 0.29) is 11.3 Å². The van der Waals surface area contributed by atoms with Crippen LogP contribution in [0.5, 0.6) is 0 Å². The molecule has 0 aliphatic heterocycles. The molecular formula is C84H61N7. The summed E-state index contributed by atoms with van der Waals surface area (Å²) >= 11 is 0. The van der Waals surface area contributed by atoms with Gasteiger partial charge in [-0.2, -0.15) is 0 Å². The fourth-order valence-corrected chi connectivity index (χ4v) is 13.7. The minimum Gasteiger partial charge on any atom is -0.228 e. The van der Waals surface area contributed by atoms with Crippen LogP contribution in [0.2, 0.25) is 0 Å². The summed E-state index contributed by atoms with van der Waals surface area (Å²) in [7, 11) is 0. The molecule has 0 fully saturated rings. The highest BCUT2D eigenvalue weighted by Gasteiger charge is 2.44. The topological polar surface area (TPSA) is 90.2 Å². The molecule has 14 aromatic rings. The van der Waals surface area contributed by atoms with Gasteiger partial charge >= 0.3 is 0 Å². The molecule has 432 valence electrons. The van der Waals surface area contributed by atoms with Crippen molar-refractivity contribution in [2.24, 2.45) is 0 Å². The summed E-state index contributed by atoms with van der Waals surface area (Å²) in [4.78, 5) is 37.7. The van der Waals surface area contributed by atoms with Crippen molar-refractivity contribution in [3.8, 4) is 124 Å². The van der Waals surface area contributed by atoms with E-state index >= 15 is 0 Å². The molecule has 1 unspecified atom stereocenters. The molecule has 7 nitrogen and oxygen atoms in total. The van der Waals surface area contributed by atoms with Crippen LogP contribution in [0, 0.1) is 0 Å². The van der Waals surface area contributed by atoms with Gasteiger partial charge in [0.25, 0.3) is 0 Å². The lowest BCUT2D eigenvalue weighted by Crippen LogP contribution is -2.31. The van der Waals surface area contributed by atoms with Crippen LogP contribution in [0.4, 0.5) is 0 Å². The van der Waals surface area contributed by atoms with Crippen LogP contribution in [0.25, 0.3) is 124 Å². The van der Waals surface area contributed by atoms with Gasteiger partial charge in [-0.1, -0.05) is 270 Å². The fourth-order valence-electron chi connectivity index (χ4n) is 13.7.